The summed E-state index contributed by atoms with van der Waals surface area (Å²) in [6.07, 6.45) is 2.07. The molecule has 0 atom stereocenters. The SMILES string of the molecule is CCC1(C(c2ccccc2)C2(CC)c3ccccc3-c3ccccc32)c2ccccc2-c2ccccc21. The van der Waals surface area contributed by atoms with E-state index in [-0.39, 0.29) is 16.7 Å². The molecule has 5 aromatic carbocycles. The van der Waals surface area contributed by atoms with E-state index in [1.807, 2.05) is 0 Å². The minimum absolute atomic E-state index is 0.158. The van der Waals surface area contributed by atoms with Crippen molar-refractivity contribution < 1.29 is 0 Å². The van der Waals surface area contributed by atoms with Gasteiger partial charge in [0.25, 0.3) is 0 Å². The molecule has 0 nitrogen and oxygen atoms in total. The van der Waals surface area contributed by atoms with Crippen molar-refractivity contribution in [2.45, 2.75) is 43.4 Å². The van der Waals surface area contributed by atoms with Gasteiger partial charge in [-0.15, -0.1) is 0 Å². The molecule has 7 rings (SSSR count). The van der Waals surface area contributed by atoms with Crippen LogP contribution in [0.2, 0.25) is 0 Å². The van der Waals surface area contributed by atoms with E-state index in [0.717, 1.165) is 12.8 Å². The lowest BCUT2D eigenvalue weighted by molar-refractivity contribution is 0.280. The molecule has 2 aliphatic rings. The van der Waals surface area contributed by atoms with Crippen LogP contribution in [0.5, 0.6) is 0 Å². The van der Waals surface area contributed by atoms with Crippen molar-refractivity contribution in [3.05, 3.63) is 155 Å². The van der Waals surface area contributed by atoms with Crippen LogP contribution < -0.4 is 0 Å². The zero-order chi connectivity index (χ0) is 25.0. The summed E-state index contributed by atoms with van der Waals surface area (Å²) in [5.41, 5.74) is 12.6. The summed E-state index contributed by atoms with van der Waals surface area (Å²) in [7, 11) is 0. The van der Waals surface area contributed by atoms with Crippen LogP contribution in [0.15, 0.2) is 127 Å². The first-order valence-electron chi connectivity index (χ1n) is 13.7. The van der Waals surface area contributed by atoms with Crippen molar-refractivity contribution in [3.63, 3.8) is 0 Å². The molecule has 0 unspecified atom stereocenters. The fourth-order valence-electron chi connectivity index (χ4n) is 8.15. The van der Waals surface area contributed by atoms with Gasteiger partial charge in [0, 0.05) is 16.7 Å². The third-order valence-electron chi connectivity index (χ3n) is 9.44. The zero-order valence-electron chi connectivity index (χ0n) is 21.6. The van der Waals surface area contributed by atoms with Gasteiger partial charge in [-0.2, -0.15) is 0 Å². The molecule has 0 bridgehead atoms. The summed E-state index contributed by atoms with van der Waals surface area (Å²) in [6, 6.07) is 48.1. The van der Waals surface area contributed by atoms with Crippen LogP contribution in [0.1, 0.15) is 60.4 Å². The maximum atomic E-state index is 2.41. The molecule has 0 saturated heterocycles. The third kappa shape index (κ3) is 2.79. The third-order valence-corrected chi connectivity index (χ3v) is 9.44. The Bertz CT molecular complexity index is 1410. The average Bonchev–Trinajstić information content (AvgIpc) is 3.43. The number of benzene rings is 5. The van der Waals surface area contributed by atoms with Crippen LogP contribution in [0, 0.1) is 0 Å². The number of hydrogen-bond donors (Lipinski definition) is 0. The van der Waals surface area contributed by atoms with E-state index in [0.29, 0.717) is 0 Å². The summed E-state index contributed by atoms with van der Waals surface area (Å²) in [6.45, 7) is 4.82. The Morgan fingerprint density at radius 2 is 0.703 bits per heavy atom. The van der Waals surface area contributed by atoms with Crippen molar-refractivity contribution in [1.82, 2.24) is 0 Å². The fourth-order valence-corrected chi connectivity index (χ4v) is 8.15. The lowest BCUT2D eigenvalue weighted by atomic mass is 9.51. The Kier molecular flexibility index (Phi) is 5.01. The molecule has 0 amide bonds. The molecule has 0 aliphatic heterocycles. The quantitative estimate of drug-likeness (QED) is 0.237. The molecule has 0 radical (unpaired) electrons. The van der Waals surface area contributed by atoms with E-state index in [2.05, 4.69) is 141 Å². The van der Waals surface area contributed by atoms with E-state index < -0.39 is 0 Å². The van der Waals surface area contributed by atoms with Gasteiger partial charge in [-0.3, -0.25) is 0 Å². The topological polar surface area (TPSA) is 0 Å². The Hall–Kier alpha value is -3.90. The van der Waals surface area contributed by atoms with Crippen LogP contribution in [-0.4, -0.2) is 0 Å². The van der Waals surface area contributed by atoms with Gasteiger partial charge in [-0.1, -0.05) is 141 Å². The molecular formula is C37H32. The molecule has 0 heterocycles. The Labute approximate surface area is 220 Å². The summed E-state index contributed by atoms with van der Waals surface area (Å²) in [4.78, 5) is 0. The first-order chi connectivity index (χ1) is 18.3. The monoisotopic (exact) mass is 476 g/mol. The Balaban J connectivity index is 1.66. The molecule has 0 aromatic heterocycles. The molecule has 5 aromatic rings. The van der Waals surface area contributed by atoms with Crippen molar-refractivity contribution in [2.75, 3.05) is 0 Å². The van der Waals surface area contributed by atoms with E-state index in [9.17, 15) is 0 Å². The number of rotatable bonds is 5. The standard InChI is InChI=1S/C37H32/c1-3-36(31-22-12-8-18-27(31)28-19-9-13-23-32(28)36)35(26-16-6-5-7-17-26)37(4-2)33-24-14-10-20-29(33)30-21-11-15-25-34(30)37/h5-25,35H,3-4H2,1-2H3. The van der Waals surface area contributed by atoms with E-state index in [4.69, 9.17) is 0 Å². The second-order valence-electron chi connectivity index (χ2n) is 10.7. The van der Waals surface area contributed by atoms with Gasteiger partial charge < -0.3 is 0 Å². The minimum atomic E-state index is -0.158. The predicted molar refractivity (Wildman–Crippen MR) is 155 cm³/mol. The highest BCUT2D eigenvalue weighted by Crippen LogP contribution is 2.67. The van der Waals surface area contributed by atoms with Gasteiger partial charge in [-0.05, 0) is 62.9 Å². The normalized spacial score (nSPS) is 15.6. The number of fused-ring (bicyclic) bond motifs is 6. The molecule has 0 fully saturated rings. The number of hydrogen-bond acceptors (Lipinski definition) is 0. The van der Waals surface area contributed by atoms with E-state index in [1.165, 1.54) is 50.1 Å². The van der Waals surface area contributed by atoms with Crippen LogP contribution in [-0.2, 0) is 10.8 Å². The fraction of sp³-hybridized carbons (Fsp3) is 0.189. The summed E-state index contributed by atoms with van der Waals surface area (Å²) in [5.74, 6) is 0.228. The van der Waals surface area contributed by atoms with Crippen molar-refractivity contribution in [3.8, 4) is 22.3 Å². The van der Waals surface area contributed by atoms with Gasteiger partial charge in [0.05, 0.1) is 0 Å². The van der Waals surface area contributed by atoms with Gasteiger partial charge in [0.2, 0.25) is 0 Å². The van der Waals surface area contributed by atoms with Crippen molar-refractivity contribution >= 4 is 0 Å². The molecule has 0 N–H and O–H groups in total. The molecule has 180 valence electrons. The minimum Gasteiger partial charge on any atom is -0.0642 e. The highest BCUT2D eigenvalue weighted by Gasteiger charge is 2.58. The maximum absolute atomic E-state index is 2.41. The van der Waals surface area contributed by atoms with Crippen LogP contribution in [0.25, 0.3) is 22.3 Å². The van der Waals surface area contributed by atoms with Crippen LogP contribution >= 0.6 is 0 Å². The molecular weight excluding hydrogens is 444 g/mol. The van der Waals surface area contributed by atoms with Crippen molar-refractivity contribution in [1.29, 1.82) is 0 Å². The zero-order valence-corrected chi connectivity index (χ0v) is 21.6. The lowest BCUT2D eigenvalue weighted by Gasteiger charge is -2.50. The maximum Gasteiger partial charge on any atom is 0.0292 e. The molecule has 0 heteroatoms. The van der Waals surface area contributed by atoms with Gasteiger partial charge in [0.15, 0.2) is 0 Å². The van der Waals surface area contributed by atoms with Gasteiger partial charge in [0.1, 0.15) is 0 Å². The second kappa shape index (κ2) is 8.32. The van der Waals surface area contributed by atoms with E-state index >= 15 is 0 Å². The largest absolute Gasteiger partial charge is 0.0642 e. The first-order valence-corrected chi connectivity index (χ1v) is 13.7. The summed E-state index contributed by atoms with van der Waals surface area (Å²) < 4.78 is 0. The molecule has 2 aliphatic carbocycles. The average molecular weight is 477 g/mol. The van der Waals surface area contributed by atoms with Crippen LogP contribution in [0.3, 0.4) is 0 Å². The van der Waals surface area contributed by atoms with Gasteiger partial charge in [-0.25, -0.2) is 0 Å². The summed E-state index contributed by atoms with van der Waals surface area (Å²) >= 11 is 0. The smallest absolute Gasteiger partial charge is 0.0292 e. The van der Waals surface area contributed by atoms with Crippen molar-refractivity contribution in [2.24, 2.45) is 0 Å². The lowest BCUT2D eigenvalue weighted by Crippen LogP contribution is -2.46. The summed E-state index contributed by atoms with van der Waals surface area (Å²) in [5, 5.41) is 0. The first kappa shape index (κ1) is 22.3. The molecule has 0 spiro atoms. The van der Waals surface area contributed by atoms with Crippen LogP contribution in [0.4, 0.5) is 0 Å². The predicted octanol–water partition coefficient (Wildman–Crippen LogP) is 9.52. The Morgan fingerprint density at radius 1 is 0.405 bits per heavy atom. The second-order valence-corrected chi connectivity index (χ2v) is 10.7. The highest BCUT2D eigenvalue weighted by atomic mass is 14.6. The Morgan fingerprint density at radius 3 is 1.03 bits per heavy atom. The van der Waals surface area contributed by atoms with Gasteiger partial charge >= 0.3 is 0 Å². The molecule has 37 heavy (non-hydrogen) atoms. The molecule has 0 saturated carbocycles. The highest BCUT2D eigenvalue weighted by molar-refractivity contribution is 5.85. The van der Waals surface area contributed by atoms with E-state index in [1.54, 1.807) is 0 Å².